The molecule has 10 aromatic rings. The minimum absolute atomic E-state index is 1.10. The first kappa shape index (κ1) is 47.5. The molecule has 0 unspecified atom stereocenters. The summed E-state index contributed by atoms with van der Waals surface area (Å²) in [7, 11) is 0. The van der Waals surface area contributed by atoms with Crippen LogP contribution in [0.5, 0.6) is 0 Å². The summed E-state index contributed by atoms with van der Waals surface area (Å²) in [5, 5.41) is 4.22. The van der Waals surface area contributed by atoms with Crippen LogP contribution in [-0.2, 0) is 6.42 Å². The van der Waals surface area contributed by atoms with Gasteiger partial charge in [0.2, 0.25) is 0 Å². The summed E-state index contributed by atoms with van der Waals surface area (Å²) in [5.74, 6) is 0. The summed E-state index contributed by atoms with van der Waals surface area (Å²) in [6, 6.07) is 64.9. The second-order valence-electron chi connectivity index (χ2n) is 16.5. The molecule has 2 aromatic heterocycles. The summed E-state index contributed by atoms with van der Waals surface area (Å²) < 4.78 is 4.21. The van der Waals surface area contributed by atoms with Gasteiger partial charge in [-0.2, -0.15) is 0 Å². The third-order valence-electron chi connectivity index (χ3n) is 12.3. The highest BCUT2D eigenvalue weighted by Gasteiger charge is 2.17. The Bertz CT molecular complexity index is 3230. The lowest BCUT2D eigenvalue weighted by Crippen LogP contribution is -1.94. The Balaban J connectivity index is 0.000000170. The van der Waals surface area contributed by atoms with Gasteiger partial charge in [0.15, 0.2) is 0 Å². The SMILES string of the molecule is CC.CC.CC1=Cc2sc3cc(-c4cccc(-c5cccc(-c6ccccc6C)c5C)c4C)ccc3c2CC1.Cc1c#cc(-c2ccccc2)cc1.Cc1cccc2c1sc1ccccc12. The zero-order valence-electron chi connectivity index (χ0n) is 40.4. The van der Waals surface area contributed by atoms with Gasteiger partial charge in [0.1, 0.15) is 0 Å². The maximum absolute atomic E-state index is 3.13. The molecule has 1 aliphatic rings. The van der Waals surface area contributed by atoms with Crippen LogP contribution < -0.4 is 0 Å². The maximum atomic E-state index is 3.13. The number of fused-ring (bicyclic) bond motifs is 6. The number of hydrogen-bond donors (Lipinski definition) is 0. The van der Waals surface area contributed by atoms with E-state index in [0.29, 0.717) is 0 Å². The lowest BCUT2D eigenvalue weighted by molar-refractivity contribution is 0.943. The van der Waals surface area contributed by atoms with E-state index in [1.165, 1.54) is 120 Å². The van der Waals surface area contributed by atoms with E-state index in [-0.39, 0.29) is 0 Å². The molecular weight excluding hydrogens is 833 g/mol. The van der Waals surface area contributed by atoms with E-state index >= 15 is 0 Å². The highest BCUT2D eigenvalue weighted by molar-refractivity contribution is 7.26. The molecule has 66 heavy (non-hydrogen) atoms. The highest BCUT2D eigenvalue weighted by Crippen LogP contribution is 2.42. The molecule has 0 saturated carbocycles. The molecule has 8 aromatic carbocycles. The largest absolute Gasteiger partial charge is 0.136 e. The molecule has 0 fully saturated rings. The second kappa shape index (κ2) is 22.1. The average Bonchev–Trinajstić information content (AvgIpc) is 3.93. The Morgan fingerprint density at radius 2 is 1.00 bits per heavy atom. The number of benzene rings is 7. The average molecular weight is 895 g/mol. The smallest absolute Gasteiger partial charge is 0.0384 e. The van der Waals surface area contributed by atoms with E-state index in [9.17, 15) is 0 Å². The predicted octanol–water partition coefficient (Wildman–Crippen LogP) is 19.9. The van der Waals surface area contributed by atoms with Gasteiger partial charge in [-0.15, -0.1) is 22.7 Å². The predicted molar refractivity (Wildman–Crippen MR) is 295 cm³/mol. The van der Waals surface area contributed by atoms with Crippen LogP contribution in [0.2, 0.25) is 0 Å². The zero-order chi connectivity index (χ0) is 46.7. The van der Waals surface area contributed by atoms with Crippen LogP contribution >= 0.6 is 22.7 Å². The van der Waals surface area contributed by atoms with Gasteiger partial charge in [-0.1, -0.05) is 185 Å². The van der Waals surface area contributed by atoms with Crippen LogP contribution in [-0.4, -0.2) is 0 Å². The summed E-state index contributed by atoms with van der Waals surface area (Å²) in [5.41, 5.74) is 19.7. The first-order valence-electron chi connectivity index (χ1n) is 23.5. The van der Waals surface area contributed by atoms with Crippen LogP contribution in [0.25, 0.3) is 80.8 Å². The standard InChI is InChI=1S/C34H30S.C13H10S.C13H10.2C2H6/c1-21-15-17-31-32-18-16-25(20-34(32)35-33(31)19-21)27-11-7-13-29(23(27)3)30-14-8-12-28(24(30)4)26-10-6-5-9-22(26)2;1-9-5-4-7-11-10-6-2-3-8-12(10)14-13(9)11;1-11-7-9-13(10-8-11)12-5-3-2-4-6-12;2*1-2/h5-14,16,18-20H,15,17H2,1-4H3;2-8H,1H3;2-7,9H,1H3;2*1-2H3. The van der Waals surface area contributed by atoms with Crippen LogP contribution in [0, 0.1) is 46.8 Å². The molecule has 0 saturated heterocycles. The number of thiophene rings is 2. The quantitative estimate of drug-likeness (QED) is 0.165. The first-order valence-corrected chi connectivity index (χ1v) is 25.2. The van der Waals surface area contributed by atoms with Gasteiger partial charge < -0.3 is 0 Å². The number of rotatable bonds is 4. The van der Waals surface area contributed by atoms with E-state index < -0.39 is 0 Å². The fourth-order valence-electron chi connectivity index (χ4n) is 8.80. The van der Waals surface area contributed by atoms with Gasteiger partial charge in [-0.3, -0.25) is 0 Å². The third kappa shape index (κ3) is 10.3. The molecule has 0 spiro atoms. The van der Waals surface area contributed by atoms with Crippen LogP contribution in [0.1, 0.15) is 79.3 Å². The monoisotopic (exact) mass is 894 g/mol. The van der Waals surface area contributed by atoms with Crippen molar-refractivity contribution in [1.82, 2.24) is 0 Å². The van der Waals surface area contributed by atoms with Crippen molar-refractivity contribution < 1.29 is 0 Å². The molecule has 0 radical (unpaired) electrons. The van der Waals surface area contributed by atoms with Crippen LogP contribution in [0.15, 0.2) is 169 Å². The molecule has 0 bridgehead atoms. The van der Waals surface area contributed by atoms with Crippen molar-refractivity contribution in [3.8, 4) is 44.5 Å². The van der Waals surface area contributed by atoms with Crippen LogP contribution in [0.3, 0.4) is 0 Å². The van der Waals surface area contributed by atoms with E-state index in [1.807, 2.05) is 75.5 Å². The van der Waals surface area contributed by atoms with Crippen molar-refractivity contribution in [3.05, 3.63) is 220 Å². The molecule has 2 heterocycles. The fourth-order valence-corrected chi connectivity index (χ4v) is 11.3. The zero-order valence-corrected chi connectivity index (χ0v) is 42.0. The summed E-state index contributed by atoms with van der Waals surface area (Å²) in [6.45, 7) is 21.2. The van der Waals surface area contributed by atoms with Gasteiger partial charge in [0.25, 0.3) is 0 Å². The molecule has 330 valence electrons. The highest BCUT2D eigenvalue weighted by atomic mass is 32.1. The molecule has 2 heteroatoms. The normalized spacial score (nSPS) is 11.3. The Morgan fingerprint density at radius 3 is 1.71 bits per heavy atom. The molecule has 11 rings (SSSR count). The number of hydrogen-bond acceptors (Lipinski definition) is 2. The first-order chi connectivity index (χ1) is 32.2. The maximum Gasteiger partial charge on any atom is 0.0384 e. The number of allylic oxidation sites excluding steroid dienone is 1. The van der Waals surface area contributed by atoms with Crippen molar-refractivity contribution in [2.45, 2.75) is 82.1 Å². The second-order valence-corrected chi connectivity index (χ2v) is 18.6. The van der Waals surface area contributed by atoms with Crippen LogP contribution in [0.4, 0.5) is 0 Å². The Kier molecular flexibility index (Phi) is 15.9. The Hall–Kier alpha value is -6.50. The summed E-state index contributed by atoms with van der Waals surface area (Å²) in [6.07, 6.45) is 4.74. The van der Waals surface area contributed by atoms with Gasteiger partial charge in [-0.05, 0) is 162 Å². The Labute approximate surface area is 403 Å². The molecule has 0 atom stereocenters. The van der Waals surface area contributed by atoms with Gasteiger partial charge >= 0.3 is 0 Å². The topological polar surface area (TPSA) is 0 Å². The Morgan fingerprint density at radius 1 is 0.409 bits per heavy atom. The van der Waals surface area contributed by atoms with E-state index in [2.05, 4.69) is 198 Å². The van der Waals surface area contributed by atoms with Crippen molar-refractivity contribution >= 4 is 59.0 Å². The molecule has 0 N–H and O–H groups in total. The minimum atomic E-state index is 1.10. The molecule has 0 amide bonds. The fraction of sp³-hybridized carbons (Fsp3) is 0.188. The van der Waals surface area contributed by atoms with Crippen molar-refractivity contribution in [2.75, 3.05) is 0 Å². The van der Waals surface area contributed by atoms with Crippen molar-refractivity contribution in [2.24, 2.45) is 0 Å². The minimum Gasteiger partial charge on any atom is -0.136 e. The summed E-state index contributed by atoms with van der Waals surface area (Å²) in [4.78, 5) is 1.45. The molecule has 0 aliphatic heterocycles. The van der Waals surface area contributed by atoms with Gasteiger partial charge in [0.05, 0.1) is 0 Å². The lowest BCUT2D eigenvalue weighted by atomic mass is 9.87. The van der Waals surface area contributed by atoms with E-state index in [1.54, 1.807) is 0 Å². The van der Waals surface area contributed by atoms with Crippen molar-refractivity contribution in [3.63, 3.8) is 0 Å². The lowest BCUT2D eigenvalue weighted by Gasteiger charge is -2.17. The van der Waals surface area contributed by atoms with E-state index in [4.69, 9.17) is 0 Å². The van der Waals surface area contributed by atoms with Gasteiger partial charge in [-0.25, -0.2) is 0 Å². The van der Waals surface area contributed by atoms with Gasteiger partial charge in [0, 0.05) is 35.3 Å². The molecular formula is C64H62S2. The summed E-state index contributed by atoms with van der Waals surface area (Å²) >= 11 is 3.83. The van der Waals surface area contributed by atoms with E-state index in [0.717, 1.165) is 11.1 Å². The molecule has 1 aliphatic carbocycles. The third-order valence-corrected chi connectivity index (χ3v) is 14.7. The molecule has 0 nitrogen and oxygen atoms in total. The van der Waals surface area contributed by atoms with Crippen molar-refractivity contribution in [1.29, 1.82) is 0 Å². The number of aryl methyl sites for hydroxylation is 4.